The topological polar surface area (TPSA) is 49.5 Å². The summed E-state index contributed by atoms with van der Waals surface area (Å²) in [5.74, 6) is 1.38. The van der Waals surface area contributed by atoms with Crippen molar-refractivity contribution in [3.63, 3.8) is 0 Å². The van der Waals surface area contributed by atoms with Crippen LogP contribution < -0.4 is 5.73 Å². The molecule has 0 aromatic rings. The van der Waals surface area contributed by atoms with E-state index in [4.69, 9.17) is 5.73 Å². The summed E-state index contributed by atoms with van der Waals surface area (Å²) in [7, 11) is 0. The summed E-state index contributed by atoms with van der Waals surface area (Å²) in [6, 6.07) is 0. The number of likely N-dealkylation sites (tertiary alicyclic amines) is 1. The molecule has 2 aliphatic rings. The van der Waals surface area contributed by atoms with Gasteiger partial charge in [-0.15, -0.1) is 0 Å². The Bertz CT molecular complexity index is 326. The van der Waals surface area contributed by atoms with Crippen LogP contribution in [0.15, 0.2) is 0 Å². The molecule has 3 unspecified atom stereocenters. The van der Waals surface area contributed by atoms with Crippen molar-refractivity contribution in [3.05, 3.63) is 0 Å². The highest BCUT2D eigenvalue weighted by atomic mass is 16.3. The first-order valence-electron chi connectivity index (χ1n) is 8.97. The van der Waals surface area contributed by atoms with Gasteiger partial charge >= 0.3 is 0 Å². The minimum atomic E-state index is -0.292. The quantitative estimate of drug-likeness (QED) is 0.838. The number of aliphatic hydroxyl groups excluding tert-OH is 1. The first-order chi connectivity index (χ1) is 9.85. The molecule has 0 aromatic carbocycles. The standard InChI is InChI=1S/C18H36N2O/c1-17(2,3)15-7-5-11-20(12-8-15)13-9-16-6-4-10-18(16,19)14-21/h15-16,21H,4-14,19H2,1-3H3. The molecule has 0 spiro atoms. The molecule has 2 fully saturated rings. The molecule has 1 saturated carbocycles. The summed E-state index contributed by atoms with van der Waals surface area (Å²) in [5.41, 5.74) is 6.52. The molecule has 21 heavy (non-hydrogen) atoms. The number of nitrogens with zero attached hydrogens (tertiary/aromatic N) is 1. The number of aliphatic hydroxyl groups is 1. The van der Waals surface area contributed by atoms with Crippen LogP contribution in [0, 0.1) is 17.3 Å². The van der Waals surface area contributed by atoms with E-state index in [0.29, 0.717) is 11.3 Å². The predicted molar refractivity (Wildman–Crippen MR) is 89.2 cm³/mol. The maximum Gasteiger partial charge on any atom is 0.0613 e. The smallest absolute Gasteiger partial charge is 0.0613 e. The number of nitrogens with two attached hydrogens (primary N) is 1. The highest BCUT2D eigenvalue weighted by Gasteiger charge is 2.38. The lowest BCUT2D eigenvalue weighted by atomic mass is 9.77. The molecule has 0 bridgehead atoms. The second kappa shape index (κ2) is 6.97. The molecule has 2 rings (SSSR count). The Balaban J connectivity index is 1.79. The number of rotatable bonds is 4. The van der Waals surface area contributed by atoms with E-state index in [2.05, 4.69) is 25.7 Å². The molecular formula is C18H36N2O. The van der Waals surface area contributed by atoms with E-state index in [1.54, 1.807) is 0 Å². The molecule has 3 nitrogen and oxygen atoms in total. The van der Waals surface area contributed by atoms with Crippen molar-refractivity contribution in [3.8, 4) is 0 Å². The molecule has 124 valence electrons. The predicted octanol–water partition coefficient (Wildman–Crippen LogP) is 3.01. The molecule has 0 amide bonds. The summed E-state index contributed by atoms with van der Waals surface area (Å²) < 4.78 is 0. The summed E-state index contributed by atoms with van der Waals surface area (Å²) in [6.45, 7) is 11.0. The second-order valence-corrected chi connectivity index (χ2v) is 8.60. The fourth-order valence-electron chi connectivity index (χ4n) is 4.39. The zero-order chi connectivity index (χ0) is 15.5. The molecular weight excluding hydrogens is 260 g/mol. The summed E-state index contributed by atoms with van der Waals surface area (Å²) in [6.07, 6.45) is 8.60. The lowest BCUT2D eigenvalue weighted by Gasteiger charge is -2.32. The van der Waals surface area contributed by atoms with Crippen LogP contribution in [0.4, 0.5) is 0 Å². The van der Waals surface area contributed by atoms with Gasteiger partial charge in [0.1, 0.15) is 0 Å². The third-order valence-electron chi connectivity index (χ3n) is 6.14. The third-order valence-corrected chi connectivity index (χ3v) is 6.14. The van der Waals surface area contributed by atoms with Gasteiger partial charge in [0.2, 0.25) is 0 Å². The number of hydrogen-bond donors (Lipinski definition) is 2. The first kappa shape index (κ1) is 17.2. The molecule has 1 heterocycles. The van der Waals surface area contributed by atoms with E-state index in [0.717, 1.165) is 18.8 Å². The zero-order valence-electron chi connectivity index (χ0n) is 14.4. The van der Waals surface area contributed by atoms with Gasteiger partial charge in [-0.25, -0.2) is 0 Å². The Kier molecular flexibility index (Phi) is 5.72. The van der Waals surface area contributed by atoms with Gasteiger partial charge in [-0.05, 0) is 75.4 Å². The van der Waals surface area contributed by atoms with Crippen molar-refractivity contribution in [2.24, 2.45) is 23.0 Å². The van der Waals surface area contributed by atoms with Gasteiger partial charge in [-0.3, -0.25) is 0 Å². The van der Waals surface area contributed by atoms with Crippen molar-refractivity contribution in [1.82, 2.24) is 4.90 Å². The SMILES string of the molecule is CC(C)(C)C1CCCN(CCC2CCCC2(N)CO)CC1. The molecule has 0 aromatic heterocycles. The van der Waals surface area contributed by atoms with E-state index in [-0.39, 0.29) is 12.1 Å². The molecule has 1 aliphatic carbocycles. The van der Waals surface area contributed by atoms with Crippen LogP contribution in [-0.2, 0) is 0 Å². The fraction of sp³-hybridized carbons (Fsp3) is 1.00. The van der Waals surface area contributed by atoms with Gasteiger partial charge in [0.25, 0.3) is 0 Å². The van der Waals surface area contributed by atoms with Crippen molar-refractivity contribution in [1.29, 1.82) is 0 Å². The number of hydrogen-bond acceptors (Lipinski definition) is 3. The monoisotopic (exact) mass is 296 g/mol. The van der Waals surface area contributed by atoms with Crippen LogP contribution >= 0.6 is 0 Å². The van der Waals surface area contributed by atoms with E-state index in [1.165, 1.54) is 51.7 Å². The average molecular weight is 296 g/mol. The molecule has 3 atom stereocenters. The van der Waals surface area contributed by atoms with Crippen LogP contribution in [0.1, 0.15) is 65.7 Å². The molecule has 3 N–H and O–H groups in total. The normalized spacial score (nSPS) is 35.9. The minimum absolute atomic E-state index is 0.157. The molecule has 3 heteroatoms. The van der Waals surface area contributed by atoms with Crippen molar-refractivity contribution in [2.75, 3.05) is 26.2 Å². The van der Waals surface area contributed by atoms with Gasteiger partial charge in [-0.2, -0.15) is 0 Å². The van der Waals surface area contributed by atoms with E-state index < -0.39 is 0 Å². The maximum atomic E-state index is 9.56. The van der Waals surface area contributed by atoms with Crippen LogP contribution in [0.3, 0.4) is 0 Å². The summed E-state index contributed by atoms with van der Waals surface area (Å²) in [4.78, 5) is 2.64. The average Bonchev–Trinajstić information content (AvgIpc) is 2.63. The van der Waals surface area contributed by atoms with Gasteiger partial charge in [0, 0.05) is 5.54 Å². The van der Waals surface area contributed by atoms with Crippen LogP contribution in [-0.4, -0.2) is 41.8 Å². The summed E-state index contributed by atoms with van der Waals surface area (Å²) in [5, 5.41) is 9.56. The van der Waals surface area contributed by atoms with Gasteiger partial charge in [-0.1, -0.05) is 27.2 Å². The highest BCUT2D eigenvalue weighted by molar-refractivity contribution is 4.96. The van der Waals surface area contributed by atoms with Crippen molar-refractivity contribution >= 4 is 0 Å². The molecule has 1 aliphatic heterocycles. The lowest BCUT2D eigenvalue weighted by molar-refractivity contribution is 0.143. The van der Waals surface area contributed by atoms with Crippen LogP contribution in [0.5, 0.6) is 0 Å². The van der Waals surface area contributed by atoms with Crippen LogP contribution in [0.25, 0.3) is 0 Å². The highest BCUT2D eigenvalue weighted by Crippen LogP contribution is 2.37. The van der Waals surface area contributed by atoms with E-state index in [9.17, 15) is 5.11 Å². The fourth-order valence-corrected chi connectivity index (χ4v) is 4.39. The minimum Gasteiger partial charge on any atom is -0.394 e. The van der Waals surface area contributed by atoms with Crippen LogP contribution in [0.2, 0.25) is 0 Å². The van der Waals surface area contributed by atoms with Crippen molar-refractivity contribution in [2.45, 2.75) is 71.3 Å². The summed E-state index contributed by atoms with van der Waals surface area (Å²) >= 11 is 0. The largest absolute Gasteiger partial charge is 0.394 e. The Labute approximate surface area is 131 Å². The Morgan fingerprint density at radius 1 is 1.14 bits per heavy atom. The first-order valence-corrected chi connectivity index (χ1v) is 8.97. The van der Waals surface area contributed by atoms with Gasteiger partial charge in [0.15, 0.2) is 0 Å². The maximum absolute atomic E-state index is 9.56. The molecule has 0 radical (unpaired) electrons. The lowest BCUT2D eigenvalue weighted by Crippen LogP contribution is -2.47. The third kappa shape index (κ3) is 4.43. The zero-order valence-corrected chi connectivity index (χ0v) is 14.4. The second-order valence-electron chi connectivity index (χ2n) is 8.60. The molecule has 1 saturated heterocycles. The van der Waals surface area contributed by atoms with E-state index in [1.807, 2.05) is 0 Å². The Morgan fingerprint density at radius 3 is 2.57 bits per heavy atom. The van der Waals surface area contributed by atoms with Gasteiger partial charge in [0.05, 0.1) is 6.61 Å². The van der Waals surface area contributed by atoms with E-state index >= 15 is 0 Å². The Morgan fingerprint density at radius 2 is 1.90 bits per heavy atom. The van der Waals surface area contributed by atoms with Gasteiger partial charge < -0.3 is 15.7 Å². The van der Waals surface area contributed by atoms with Crippen molar-refractivity contribution < 1.29 is 5.11 Å². The Hall–Kier alpha value is -0.120.